The van der Waals surface area contributed by atoms with Crippen LogP contribution in [0.5, 0.6) is 0 Å². The van der Waals surface area contributed by atoms with E-state index in [0.29, 0.717) is 6.42 Å². The predicted octanol–water partition coefficient (Wildman–Crippen LogP) is 3.54. The summed E-state index contributed by atoms with van der Waals surface area (Å²) in [7, 11) is 0. The first-order valence-electron chi connectivity index (χ1n) is 3.75. The minimum atomic E-state index is -4.07. The van der Waals surface area contributed by atoms with Gasteiger partial charge in [-0.05, 0) is 12.8 Å². The van der Waals surface area contributed by atoms with Crippen molar-refractivity contribution < 1.29 is 13.2 Å². The van der Waals surface area contributed by atoms with Gasteiger partial charge in [0.2, 0.25) is 0 Å². The monoisotopic (exact) mass is 166 g/mol. The van der Waals surface area contributed by atoms with Crippen molar-refractivity contribution in [3.8, 4) is 0 Å². The Balaban J connectivity index is 4.06. The fraction of sp³-hybridized carbons (Fsp3) is 0.750. The maximum Gasteiger partial charge on any atom is 0.395 e. The number of allylic oxidation sites excluding steroid dienone is 2. The van der Waals surface area contributed by atoms with Crippen LogP contribution in [-0.4, -0.2) is 6.18 Å². The Labute approximate surface area is 65.1 Å². The third-order valence-corrected chi connectivity index (χ3v) is 1.46. The highest BCUT2D eigenvalue weighted by Gasteiger charge is 2.35. The zero-order chi connectivity index (χ0) is 8.91. The van der Waals surface area contributed by atoms with Crippen molar-refractivity contribution in [2.45, 2.75) is 32.9 Å². The summed E-state index contributed by atoms with van der Waals surface area (Å²) in [6, 6.07) is 0. The van der Waals surface area contributed by atoms with Gasteiger partial charge in [0, 0.05) is 0 Å². The van der Waals surface area contributed by atoms with Gasteiger partial charge in [0.05, 0.1) is 5.92 Å². The predicted molar refractivity (Wildman–Crippen MR) is 39.3 cm³/mol. The van der Waals surface area contributed by atoms with Crippen LogP contribution >= 0.6 is 0 Å². The largest absolute Gasteiger partial charge is 0.395 e. The van der Waals surface area contributed by atoms with Crippen LogP contribution in [0.2, 0.25) is 0 Å². The first-order valence-corrected chi connectivity index (χ1v) is 3.75. The minimum Gasteiger partial charge on any atom is -0.170 e. The highest BCUT2D eigenvalue weighted by molar-refractivity contribution is 4.90. The molecule has 11 heavy (non-hydrogen) atoms. The van der Waals surface area contributed by atoms with Crippen LogP contribution < -0.4 is 0 Å². The minimum absolute atomic E-state index is 0.125. The van der Waals surface area contributed by atoms with Gasteiger partial charge in [0.15, 0.2) is 0 Å². The zero-order valence-corrected chi connectivity index (χ0v) is 6.78. The molecule has 0 bridgehead atoms. The standard InChI is InChI=1S/C8H13F3/c1-3-5-6-7(4-2)8(9,10)11/h5-7H,3-4H2,1-2H3. The lowest BCUT2D eigenvalue weighted by atomic mass is 10.1. The number of alkyl halides is 3. The fourth-order valence-electron chi connectivity index (χ4n) is 0.777. The lowest BCUT2D eigenvalue weighted by molar-refractivity contribution is -0.161. The maximum absolute atomic E-state index is 12.0. The van der Waals surface area contributed by atoms with E-state index < -0.39 is 12.1 Å². The average Bonchev–Trinajstić information content (AvgIpc) is 1.87. The second-order valence-corrected chi connectivity index (χ2v) is 2.39. The number of hydrogen-bond acceptors (Lipinski definition) is 0. The summed E-state index contributed by atoms with van der Waals surface area (Å²) < 4.78 is 36.0. The van der Waals surface area contributed by atoms with Gasteiger partial charge in [-0.25, -0.2) is 0 Å². The highest BCUT2D eigenvalue weighted by Crippen LogP contribution is 2.29. The number of halogens is 3. The maximum atomic E-state index is 12.0. The zero-order valence-electron chi connectivity index (χ0n) is 6.78. The van der Waals surface area contributed by atoms with Crippen molar-refractivity contribution in [2.24, 2.45) is 5.92 Å². The number of rotatable bonds is 3. The second-order valence-electron chi connectivity index (χ2n) is 2.39. The first kappa shape index (κ1) is 10.5. The van der Waals surface area contributed by atoms with Crippen LogP contribution in [0.1, 0.15) is 26.7 Å². The molecule has 0 aromatic rings. The molecule has 0 fully saturated rings. The number of hydrogen-bond donors (Lipinski definition) is 0. The van der Waals surface area contributed by atoms with E-state index in [9.17, 15) is 13.2 Å². The lowest BCUT2D eigenvalue weighted by Crippen LogP contribution is -2.19. The molecule has 0 rings (SSSR count). The molecular weight excluding hydrogens is 153 g/mol. The molecule has 0 aromatic heterocycles. The summed E-state index contributed by atoms with van der Waals surface area (Å²) >= 11 is 0. The molecule has 0 aromatic carbocycles. The molecule has 0 N–H and O–H groups in total. The molecule has 0 nitrogen and oxygen atoms in total. The summed E-state index contributed by atoms with van der Waals surface area (Å²) in [5.74, 6) is -1.26. The van der Waals surface area contributed by atoms with E-state index in [2.05, 4.69) is 0 Å². The summed E-state index contributed by atoms with van der Waals surface area (Å²) in [6.45, 7) is 3.36. The van der Waals surface area contributed by atoms with Gasteiger partial charge in [-0.1, -0.05) is 26.0 Å². The van der Waals surface area contributed by atoms with Crippen LogP contribution in [0.25, 0.3) is 0 Å². The van der Waals surface area contributed by atoms with E-state index in [1.165, 1.54) is 13.0 Å². The topological polar surface area (TPSA) is 0 Å². The normalized spacial score (nSPS) is 15.7. The third kappa shape index (κ3) is 4.06. The van der Waals surface area contributed by atoms with Gasteiger partial charge in [-0.15, -0.1) is 0 Å². The summed E-state index contributed by atoms with van der Waals surface area (Å²) in [6.07, 6.45) is -0.491. The Kier molecular flexibility index (Phi) is 4.23. The van der Waals surface area contributed by atoms with E-state index in [-0.39, 0.29) is 6.42 Å². The smallest absolute Gasteiger partial charge is 0.170 e. The van der Waals surface area contributed by atoms with Crippen molar-refractivity contribution in [1.29, 1.82) is 0 Å². The second kappa shape index (κ2) is 4.42. The Morgan fingerprint density at radius 1 is 1.27 bits per heavy atom. The molecule has 0 aliphatic rings. The van der Waals surface area contributed by atoms with Gasteiger partial charge in [0.1, 0.15) is 0 Å². The first-order chi connectivity index (χ1) is 5.02. The molecule has 0 spiro atoms. The van der Waals surface area contributed by atoms with Crippen LogP contribution in [0.15, 0.2) is 12.2 Å². The molecule has 0 amide bonds. The highest BCUT2D eigenvalue weighted by atomic mass is 19.4. The Hall–Kier alpha value is -0.470. The molecule has 1 unspecified atom stereocenters. The molecule has 66 valence electrons. The fourth-order valence-corrected chi connectivity index (χ4v) is 0.777. The van der Waals surface area contributed by atoms with Crippen molar-refractivity contribution >= 4 is 0 Å². The Morgan fingerprint density at radius 2 is 1.82 bits per heavy atom. The van der Waals surface area contributed by atoms with E-state index in [1.54, 1.807) is 6.08 Å². The van der Waals surface area contributed by atoms with Crippen LogP contribution in [-0.2, 0) is 0 Å². The van der Waals surface area contributed by atoms with Crippen molar-refractivity contribution in [3.63, 3.8) is 0 Å². The molecular formula is C8H13F3. The summed E-state index contributed by atoms with van der Waals surface area (Å²) in [5, 5.41) is 0. The van der Waals surface area contributed by atoms with Gasteiger partial charge in [0.25, 0.3) is 0 Å². The van der Waals surface area contributed by atoms with Crippen LogP contribution in [0, 0.1) is 5.92 Å². The summed E-state index contributed by atoms with van der Waals surface area (Å²) in [4.78, 5) is 0. The molecule has 0 radical (unpaired) electrons. The molecule has 1 atom stereocenters. The molecule has 0 aliphatic carbocycles. The van der Waals surface area contributed by atoms with E-state index in [4.69, 9.17) is 0 Å². The van der Waals surface area contributed by atoms with Crippen LogP contribution in [0.3, 0.4) is 0 Å². The van der Waals surface area contributed by atoms with Gasteiger partial charge >= 0.3 is 6.18 Å². The average molecular weight is 166 g/mol. The molecule has 0 aliphatic heterocycles. The van der Waals surface area contributed by atoms with Gasteiger partial charge in [-0.3, -0.25) is 0 Å². The molecule has 3 heteroatoms. The van der Waals surface area contributed by atoms with E-state index in [0.717, 1.165) is 0 Å². The van der Waals surface area contributed by atoms with E-state index >= 15 is 0 Å². The van der Waals surface area contributed by atoms with Crippen molar-refractivity contribution in [3.05, 3.63) is 12.2 Å². The van der Waals surface area contributed by atoms with Crippen molar-refractivity contribution in [2.75, 3.05) is 0 Å². The SMILES string of the molecule is CCC=CC(CC)C(F)(F)F. The quantitative estimate of drug-likeness (QED) is 0.562. The molecule has 0 saturated heterocycles. The Morgan fingerprint density at radius 3 is 2.09 bits per heavy atom. The molecule has 0 heterocycles. The summed E-state index contributed by atoms with van der Waals surface area (Å²) in [5.41, 5.74) is 0. The van der Waals surface area contributed by atoms with E-state index in [1.807, 2.05) is 6.92 Å². The van der Waals surface area contributed by atoms with Gasteiger partial charge < -0.3 is 0 Å². The lowest BCUT2D eigenvalue weighted by Gasteiger charge is -2.13. The van der Waals surface area contributed by atoms with Crippen LogP contribution in [0.4, 0.5) is 13.2 Å². The molecule has 0 saturated carbocycles. The van der Waals surface area contributed by atoms with Crippen molar-refractivity contribution in [1.82, 2.24) is 0 Å². The third-order valence-electron chi connectivity index (χ3n) is 1.46. The van der Waals surface area contributed by atoms with Gasteiger partial charge in [-0.2, -0.15) is 13.2 Å². The Bertz CT molecular complexity index is 124.